The third-order valence-corrected chi connectivity index (χ3v) is 5.29. The summed E-state index contributed by atoms with van der Waals surface area (Å²) in [5.41, 5.74) is 1.38. The van der Waals surface area contributed by atoms with Gasteiger partial charge in [-0.3, -0.25) is 9.59 Å². The number of piperidine rings is 1. The highest BCUT2D eigenvalue weighted by Gasteiger charge is 2.27. The van der Waals surface area contributed by atoms with Crippen molar-refractivity contribution in [1.82, 2.24) is 4.90 Å². The summed E-state index contributed by atoms with van der Waals surface area (Å²) in [6.45, 7) is 1.14. The van der Waals surface area contributed by atoms with E-state index in [0.29, 0.717) is 41.5 Å². The molecular formula is C21H19Cl2NO2. The predicted octanol–water partition coefficient (Wildman–Crippen LogP) is 5.13. The van der Waals surface area contributed by atoms with Gasteiger partial charge in [-0.15, -0.1) is 0 Å². The zero-order chi connectivity index (χ0) is 18.5. The molecule has 26 heavy (non-hydrogen) atoms. The smallest absolute Gasteiger partial charge is 0.246 e. The van der Waals surface area contributed by atoms with Crippen LogP contribution in [0, 0.1) is 5.92 Å². The van der Waals surface area contributed by atoms with E-state index in [9.17, 15) is 9.59 Å². The van der Waals surface area contributed by atoms with Crippen molar-refractivity contribution in [3.8, 4) is 0 Å². The van der Waals surface area contributed by atoms with E-state index in [-0.39, 0.29) is 17.6 Å². The van der Waals surface area contributed by atoms with Gasteiger partial charge in [0.05, 0.1) is 0 Å². The number of hydrogen-bond donors (Lipinski definition) is 0. The Hall–Kier alpha value is -2.10. The molecule has 1 fully saturated rings. The molecule has 0 spiro atoms. The summed E-state index contributed by atoms with van der Waals surface area (Å²) in [6.07, 6.45) is 4.50. The lowest BCUT2D eigenvalue weighted by atomic mass is 9.89. The van der Waals surface area contributed by atoms with Crippen LogP contribution in [0.2, 0.25) is 10.0 Å². The summed E-state index contributed by atoms with van der Waals surface area (Å²) in [7, 11) is 0. The lowest BCUT2D eigenvalue weighted by molar-refractivity contribution is -0.127. The Morgan fingerprint density at radius 1 is 0.923 bits per heavy atom. The Labute approximate surface area is 163 Å². The van der Waals surface area contributed by atoms with Crippen molar-refractivity contribution < 1.29 is 9.59 Å². The first-order chi connectivity index (χ1) is 12.6. The van der Waals surface area contributed by atoms with Crippen molar-refractivity contribution in [1.29, 1.82) is 0 Å². The van der Waals surface area contributed by atoms with Gasteiger partial charge in [-0.25, -0.2) is 0 Å². The molecule has 3 rings (SSSR count). The van der Waals surface area contributed by atoms with Crippen LogP contribution >= 0.6 is 23.2 Å². The minimum atomic E-state index is -0.0911. The lowest BCUT2D eigenvalue weighted by Crippen LogP contribution is -2.39. The topological polar surface area (TPSA) is 37.4 Å². The molecule has 2 aromatic carbocycles. The highest BCUT2D eigenvalue weighted by atomic mass is 35.5. The number of likely N-dealkylation sites (tertiary alicyclic amines) is 1. The van der Waals surface area contributed by atoms with Gasteiger partial charge in [-0.2, -0.15) is 0 Å². The highest BCUT2D eigenvalue weighted by Crippen LogP contribution is 2.26. The molecule has 0 aliphatic carbocycles. The number of rotatable bonds is 4. The second-order valence-electron chi connectivity index (χ2n) is 6.30. The normalized spacial score (nSPS) is 15.4. The van der Waals surface area contributed by atoms with Crippen molar-refractivity contribution in [2.75, 3.05) is 13.1 Å². The van der Waals surface area contributed by atoms with E-state index in [1.54, 1.807) is 29.2 Å². The molecule has 5 heteroatoms. The van der Waals surface area contributed by atoms with Crippen LogP contribution in [0.15, 0.2) is 54.6 Å². The molecule has 0 atom stereocenters. The monoisotopic (exact) mass is 387 g/mol. The van der Waals surface area contributed by atoms with Crippen LogP contribution in [0.25, 0.3) is 6.08 Å². The molecule has 1 aliphatic rings. The average molecular weight is 388 g/mol. The number of Topliss-reactive ketones (excluding diaryl/α,β-unsaturated/α-hetero) is 1. The Morgan fingerprint density at radius 2 is 1.54 bits per heavy atom. The summed E-state index contributed by atoms with van der Waals surface area (Å²) >= 11 is 12.2. The number of ketones is 1. The van der Waals surface area contributed by atoms with E-state index in [4.69, 9.17) is 23.2 Å². The standard InChI is InChI=1S/C21H19Cl2NO2/c22-18-7-4-8-19(23)17(18)9-10-20(25)24-13-11-16(12-14-24)21(26)15-5-2-1-3-6-15/h1-10,16H,11-14H2. The Bertz CT molecular complexity index is 805. The first kappa shape index (κ1) is 18.7. The van der Waals surface area contributed by atoms with E-state index >= 15 is 0 Å². The highest BCUT2D eigenvalue weighted by molar-refractivity contribution is 6.37. The van der Waals surface area contributed by atoms with E-state index in [1.807, 2.05) is 30.3 Å². The third kappa shape index (κ3) is 4.35. The fourth-order valence-corrected chi connectivity index (χ4v) is 3.65. The Balaban J connectivity index is 1.59. The first-order valence-corrected chi connectivity index (χ1v) is 9.32. The van der Waals surface area contributed by atoms with Crippen LogP contribution in [0.1, 0.15) is 28.8 Å². The molecule has 0 bridgehead atoms. The van der Waals surface area contributed by atoms with Gasteiger partial charge in [-0.1, -0.05) is 59.6 Å². The van der Waals surface area contributed by atoms with Crippen molar-refractivity contribution in [3.63, 3.8) is 0 Å². The number of amides is 1. The van der Waals surface area contributed by atoms with Crippen LogP contribution in [0.3, 0.4) is 0 Å². The number of carbonyl (C=O) groups is 2. The molecule has 3 nitrogen and oxygen atoms in total. The number of nitrogens with zero attached hydrogens (tertiary/aromatic N) is 1. The van der Waals surface area contributed by atoms with Crippen molar-refractivity contribution >= 4 is 41.0 Å². The van der Waals surface area contributed by atoms with E-state index < -0.39 is 0 Å². The van der Waals surface area contributed by atoms with Crippen LogP contribution in [-0.4, -0.2) is 29.7 Å². The van der Waals surface area contributed by atoms with Gasteiger partial charge in [-0.05, 0) is 31.1 Å². The van der Waals surface area contributed by atoms with E-state index in [2.05, 4.69) is 0 Å². The summed E-state index contributed by atoms with van der Waals surface area (Å²) in [5, 5.41) is 1.02. The summed E-state index contributed by atoms with van der Waals surface area (Å²) in [4.78, 5) is 26.7. The van der Waals surface area contributed by atoms with Crippen molar-refractivity contribution in [2.24, 2.45) is 5.92 Å². The maximum atomic E-state index is 12.5. The fraction of sp³-hybridized carbons (Fsp3) is 0.238. The van der Waals surface area contributed by atoms with Gasteiger partial charge in [0.2, 0.25) is 5.91 Å². The third-order valence-electron chi connectivity index (χ3n) is 4.63. The van der Waals surface area contributed by atoms with Crippen molar-refractivity contribution in [3.05, 3.63) is 75.8 Å². The minimum Gasteiger partial charge on any atom is -0.339 e. The Kier molecular flexibility index (Phi) is 6.12. The van der Waals surface area contributed by atoms with Crippen LogP contribution < -0.4 is 0 Å². The molecule has 0 N–H and O–H groups in total. The molecule has 0 saturated carbocycles. The van der Waals surface area contributed by atoms with Gasteiger partial charge >= 0.3 is 0 Å². The molecule has 1 saturated heterocycles. The first-order valence-electron chi connectivity index (χ1n) is 8.56. The summed E-state index contributed by atoms with van der Waals surface area (Å²) in [5.74, 6) is 0.0473. The number of benzene rings is 2. The largest absolute Gasteiger partial charge is 0.339 e. The molecule has 134 valence electrons. The quantitative estimate of drug-likeness (QED) is 0.538. The number of halogens is 2. The van der Waals surface area contributed by atoms with Gasteiger partial charge in [0.25, 0.3) is 0 Å². The molecular weight excluding hydrogens is 369 g/mol. The molecule has 2 aromatic rings. The SMILES string of the molecule is O=C(c1ccccc1)C1CCN(C(=O)C=Cc2c(Cl)cccc2Cl)CC1. The van der Waals surface area contributed by atoms with E-state index in [0.717, 1.165) is 5.56 Å². The van der Waals surface area contributed by atoms with Gasteiger partial charge in [0.1, 0.15) is 0 Å². The van der Waals surface area contributed by atoms with Gasteiger partial charge in [0, 0.05) is 46.3 Å². The second kappa shape index (κ2) is 8.52. The van der Waals surface area contributed by atoms with Gasteiger partial charge < -0.3 is 4.90 Å². The zero-order valence-corrected chi connectivity index (χ0v) is 15.7. The summed E-state index contributed by atoms with van der Waals surface area (Å²) in [6, 6.07) is 14.6. The maximum Gasteiger partial charge on any atom is 0.246 e. The Morgan fingerprint density at radius 3 is 2.15 bits per heavy atom. The molecule has 1 aliphatic heterocycles. The number of hydrogen-bond acceptors (Lipinski definition) is 2. The average Bonchev–Trinajstić information content (AvgIpc) is 2.67. The summed E-state index contributed by atoms with van der Waals surface area (Å²) < 4.78 is 0. The predicted molar refractivity (Wildman–Crippen MR) is 106 cm³/mol. The molecule has 1 heterocycles. The zero-order valence-electron chi connectivity index (χ0n) is 14.2. The van der Waals surface area contributed by atoms with E-state index in [1.165, 1.54) is 6.08 Å². The van der Waals surface area contributed by atoms with Crippen LogP contribution in [-0.2, 0) is 4.79 Å². The fourth-order valence-electron chi connectivity index (χ4n) is 3.13. The van der Waals surface area contributed by atoms with Gasteiger partial charge in [0.15, 0.2) is 5.78 Å². The lowest BCUT2D eigenvalue weighted by Gasteiger charge is -2.30. The minimum absolute atomic E-state index is 0.0246. The molecule has 0 radical (unpaired) electrons. The number of carbonyl (C=O) groups excluding carboxylic acids is 2. The molecule has 1 amide bonds. The maximum absolute atomic E-state index is 12.5. The van der Waals surface area contributed by atoms with Crippen LogP contribution in [0.5, 0.6) is 0 Å². The van der Waals surface area contributed by atoms with Crippen molar-refractivity contribution in [2.45, 2.75) is 12.8 Å². The molecule has 0 unspecified atom stereocenters. The second-order valence-corrected chi connectivity index (χ2v) is 7.11. The van der Waals surface area contributed by atoms with Crippen LogP contribution in [0.4, 0.5) is 0 Å². The molecule has 0 aromatic heterocycles.